The number of hydrogen-bond acceptors (Lipinski definition) is 6. The highest BCUT2D eigenvalue weighted by molar-refractivity contribution is 7.09. The lowest BCUT2D eigenvalue weighted by Crippen LogP contribution is -2.17. The Labute approximate surface area is 174 Å². The van der Waals surface area contributed by atoms with Crippen LogP contribution in [-0.2, 0) is 17.8 Å². The van der Waals surface area contributed by atoms with E-state index in [-0.39, 0.29) is 30.6 Å². The van der Waals surface area contributed by atoms with Crippen LogP contribution >= 0.6 is 11.3 Å². The summed E-state index contributed by atoms with van der Waals surface area (Å²) in [5.41, 5.74) is 2.94. The first kappa shape index (κ1) is 19.7. The van der Waals surface area contributed by atoms with Gasteiger partial charge < -0.3 is 9.73 Å². The summed E-state index contributed by atoms with van der Waals surface area (Å²) < 4.78 is 19.3. The number of amides is 1. The molecule has 0 fully saturated rings. The van der Waals surface area contributed by atoms with Crippen molar-refractivity contribution in [2.75, 3.05) is 5.32 Å². The number of benzene rings is 2. The smallest absolute Gasteiger partial charge is 0.388 e. The number of aromatic nitrogens is 3. The van der Waals surface area contributed by atoms with Crippen LogP contribution in [0.5, 0.6) is 0 Å². The number of anilines is 1. The van der Waals surface area contributed by atoms with Gasteiger partial charge in [0, 0.05) is 16.6 Å². The van der Waals surface area contributed by atoms with E-state index in [0.717, 1.165) is 15.9 Å². The third kappa shape index (κ3) is 4.69. The summed E-state index contributed by atoms with van der Waals surface area (Å²) in [4.78, 5) is 28.7. The van der Waals surface area contributed by atoms with Gasteiger partial charge in [-0.15, -0.1) is 16.4 Å². The number of carbonyl (C=O) groups excluding carboxylic acids is 1. The topological polar surface area (TPSA) is 90.0 Å². The van der Waals surface area contributed by atoms with E-state index in [0.29, 0.717) is 16.3 Å². The van der Waals surface area contributed by atoms with Gasteiger partial charge in [-0.3, -0.25) is 4.79 Å². The van der Waals surface area contributed by atoms with Gasteiger partial charge in [0.1, 0.15) is 10.8 Å². The Morgan fingerprint density at radius 1 is 1.17 bits per heavy atom. The van der Waals surface area contributed by atoms with E-state index in [1.165, 1.54) is 35.6 Å². The van der Waals surface area contributed by atoms with Crippen LogP contribution in [0.25, 0.3) is 11.5 Å². The Hall–Kier alpha value is -3.59. The summed E-state index contributed by atoms with van der Waals surface area (Å²) in [6, 6.07) is 13.0. The predicted molar refractivity (Wildman–Crippen MR) is 111 cm³/mol. The molecule has 0 aliphatic rings. The molecule has 2 aromatic carbocycles. The number of hydrogen-bond donors (Lipinski definition) is 1. The van der Waals surface area contributed by atoms with E-state index in [2.05, 4.69) is 15.4 Å². The molecule has 0 aliphatic heterocycles. The first-order valence-corrected chi connectivity index (χ1v) is 9.98. The molecular weight excluding hydrogens is 407 g/mol. The van der Waals surface area contributed by atoms with Gasteiger partial charge in [0.2, 0.25) is 11.8 Å². The highest BCUT2D eigenvalue weighted by Crippen LogP contribution is 2.17. The van der Waals surface area contributed by atoms with Crippen molar-refractivity contribution in [3.05, 3.63) is 86.5 Å². The maximum atomic E-state index is 13.1. The standard InChI is InChI=1S/C21H17FN4O3S/c1-13-2-8-16(9-3-13)23-18(27)10-19-24-17(12-30-19)11-26-21(28)29-20(25-26)14-4-6-15(22)7-5-14/h2-9,12H,10-11H2,1H3,(H,23,27). The molecule has 0 bridgehead atoms. The minimum absolute atomic E-state index is 0.105. The molecule has 0 saturated heterocycles. The number of nitrogens with zero attached hydrogens (tertiary/aromatic N) is 3. The van der Waals surface area contributed by atoms with Gasteiger partial charge >= 0.3 is 5.76 Å². The average molecular weight is 424 g/mol. The maximum Gasteiger partial charge on any atom is 0.437 e. The van der Waals surface area contributed by atoms with E-state index in [4.69, 9.17) is 4.42 Å². The molecule has 2 heterocycles. The van der Waals surface area contributed by atoms with Crippen molar-refractivity contribution < 1.29 is 13.6 Å². The van der Waals surface area contributed by atoms with Crippen LogP contribution in [0.1, 0.15) is 16.3 Å². The summed E-state index contributed by atoms with van der Waals surface area (Å²) in [5.74, 6) is -1.09. The van der Waals surface area contributed by atoms with Gasteiger partial charge in [-0.1, -0.05) is 17.7 Å². The second-order valence-corrected chi connectivity index (χ2v) is 7.60. The van der Waals surface area contributed by atoms with E-state index < -0.39 is 5.76 Å². The van der Waals surface area contributed by atoms with Crippen LogP contribution in [0.3, 0.4) is 0 Å². The Balaban J connectivity index is 1.41. The lowest BCUT2D eigenvalue weighted by molar-refractivity contribution is -0.115. The number of thiazole rings is 1. The van der Waals surface area contributed by atoms with Gasteiger partial charge in [0.05, 0.1) is 18.7 Å². The summed E-state index contributed by atoms with van der Waals surface area (Å²) in [6.45, 7) is 2.09. The molecule has 1 amide bonds. The lowest BCUT2D eigenvalue weighted by atomic mass is 10.2. The molecule has 0 aliphatic carbocycles. The van der Waals surface area contributed by atoms with Crippen LogP contribution < -0.4 is 11.1 Å². The van der Waals surface area contributed by atoms with Crippen molar-refractivity contribution in [1.29, 1.82) is 0 Å². The zero-order chi connectivity index (χ0) is 21.1. The SMILES string of the molecule is Cc1ccc(NC(=O)Cc2nc(Cn3nc(-c4ccc(F)cc4)oc3=O)cs2)cc1. The number of nitrogens with one attached hydrogen (secondary N) is 1. The monoisotopic (exact) mass is 424 g/mol. The number of carbonyl (C=O) groups is 1. The van der Waals surface area contributed by atoms with Crippen molar-refractivity contribution in [2.45, 2.75) is 19.9 Å². The second kappa shape index (κ2) is 8.42. The van der Waals surface area contributed by atoms with Crippen molar-refractivity contribution in [1.82, 2.24) is 14.8 Å². The molecule has 30 heavy (non-hydrogen) atoms. The molecule has 0 saturated carbocycles. The fraction of sp³-hybridized carbons (Fsp3) is 0.143. The number of rotatable bonds is 6. The predicted octanol–water partition coefficient (Wildman–Crippen LogP) is 3.64. The Kier molecular flexibility index (Phi) is 5.53. The molecule has 0 atom stereocenters. The van der Waals surface area contributed by atoms with Gasteiger partial charge in [0.15, 0.2) is 0 Å². The van der Waals surface area contributed by atoms with Crippen LogP contribution in [0.2, 0.25) is 0 Å². The van der Waals surface area contributed by atoms with Crippen LogP contribution in [0.4, 0.5) is 10.1 Å². The zero-order valence-electron chi connectivity index (χ0n) is 16.0. The molecule has 7 nitrogen and oxygen atoms in total. The number of aryl methyl sites for hydroxylation is 1. The maximum absolute atomic E-state index is 13.1. The molecule has 4 rings (SSSR count). The van der Waals surface area contributed by atoms with Gasteiger partial charge in [-0.05, 0) is 43.3 Å². The lowest BCUT2D eigenvalue weighted by Gasteiger charge is -2.04. The van der Waals surface area contributed by atoms with E-state index in [1.807, 2.05) is 31.2 Å². The summed E-state index contributed by atoms with van der Waals surface area (Å²) in [7, 11) is 0. The summed E-state index contributed by atoms with van der Waals surface area (Å²) in [5, 5.41) is 9.37. The third-order valence-corrected chi connectivity index (χ3v) is 5.15. The zero-order valence-corrected chi connectivity index (χ0v) is 16.8. The normalized spacial score (nSPS) is 10.9. The molecule has 4 aromatic rings. The molecule has 9 heteroatoms. The molecule has 1 N–H and O–H groups in total. The van der Waals surface area contributed by atoms with Crippen molar-refractivity contribution in [3.63, 3.8) is 0 Å². The summed E-state index contributed by atoms with van der Waals surface area (Å²) >= 11 is 1.33. The molecule has 152 valence electrons. The highest BCUT2D eigenvalue weighted by Gasteiger charge is 2.13. The van der Waals surface area contributed by atoms with E-state index in [9.17, 15) is 14.0 Å². The van der Waals surface area contributed by atoms with Crippen LogP contribution in [-0.4, -0.2) is 20.7 Å². The third-order valence-electron chi connectivity index (χ3n) is 4.26. The van der Waals surface area contributed by atoms with Crippen molar-refractivity contribution >= 4 is 22.9 Å². The Morgan fingerprint density at radius 2 is 1.90 bits per heavy atom. The fourth-order valence-corrected chi connectivity index (χ4v) is 3.53. The Bertz CT molecular complexity index is 1230. The van der Waals surface area contributed by atoms with E-state index >= 15 is 0 Å². The van der Waals surface area contributed by atoms with Gasteiger partial charge in [0.25, 0.3) is 0 Å². The fourth-order valence-electron chi connectivity index (χ4n) is 2.75. The second-order valence-electron chi connectivity index (χ2n) is 6.66. The first-order valence-electron chi connectivity index (χ1n) is 9.10. The molecule has 0 radical (unpaired) electrons. The van der Waals surface area contributed by atoms with Gasteiger partial charge in [-0.2, -0.15) is 4.68 Å². The minimum Gasteiger partial charge on any atom is -0.388 e. The van der Waals surface area contributed by atoms with E-state index in [1.54, 1.807) is 5.38 Å². The van der Waals surface area contributed by atoms with Crippen LogP contribution in [0, 0.1) is 12.7 Å². The van der Waals surface area contributed by atoms with Gasteiger partial charge in [-0.25, -0.2) is 14.2 Å². The largest absolute Gasteiger partial charge is 0.437 e. The minimum atomic E-state index is -0.638. The molecule has 0 unspecified atom stereocenters. The van der Waals surface area contributed by atoms with Crippen molar-refractivity contribution in [2.24, 2.45) is 0 Å². The van der Waals surface area contributed by atoms with Crippen molar-refractivity contribution in [3.8, 4) is 11.5 Å². The number of halogens is 1. The highest BCUT2D eigenvalue weighted by atomic mass is 32.1. The quantitative estimate of drug-likeness (QED) is 0.510. The molecule has 2 aromatic heterocycles. The first-order chi connectivity index (χ1) is 14.5. The molecular formula is C21H17FN4O3S. The Morgan fingerprint density at radius 3 is 2.63 bits per heavy atom. The molecule has 0 spiro atoms. The van der Waals surface area contributed by atoms with Crippen LogP contribution in [0.15, 0.2) is 63.1 Å². The summed E-state index contributed by atoms with van der Waals surface area (Å²) in [6.07, 6.45) is 0.132. The average Bonchev–Trinajstić information content (AvgIpc) is 3.31.